The van der Waals surface area contributed by atoms with E-state index in [0.29, 0.717) is 0 Å². The van der Waals surface area contributed by atoms with Gasteiger partial charge in [0.05, 0.1) is 32.5 Å². The van der Waals surface area contributed by atoms with Gasteiger partial charge in [0.1, 0.15) is 116 Å². The summed E-state index contributed by atoms with van der Waals surface area (Å²) in [4.78, 5) is 11.8. The zero-order chi connectivity index (χ0) is 42.9. The van der Waals surface area contributed by atoms with Crippen LogP contribution in [0.1, 0.15) is 13.8 Å². The van der Waals surface area contributed by atoms with Gasteiger partial charge in [0.15, 0.2) is 31.5 Å². The molecule has 0 aromatic rings. The van der Waals surface area contributed by atoms with E-state index in [2.05, 4.69) is 5.32 Å². The first-order chi connectivity index (χ1) is 27.4. The maximum atomic E-state index is 11.8. The summed E-state index contributed by atoms with van der Waals surface area (Å²) in [6, 6.07) is -1.49. The molecule has 0 aromatic heterocycles. The van der Waals surface area contributed by atoms with Gasteiger partial charge in [-0.1, -0.05) is 0 Å². The second-order valence-corrected chi connectivity index (χ2v) is 14.7. The number of nitrogens with one attached hydrogen (secondary N) is 1. The second-order valence-electron chi connectivity index (χ2n) is 14.7. The van der Waals surface area contributed by atoms with Crippen LogP contribution in [-0.2, 0) is 47.4 Å². The lowest BCUT2D eigenvalue weighted by atomic mass is 9.95. The smallest absolute Gasteiger partial charge is 0.217 e. The van der Waals surface area contributed by atoms with Crippen molar-refractivity contribution in [2.24, 2.45) is 0 Å². The first-order valence-corrected chi connectivity index (χ1v) is 18.5. The molecule has 0 aromatic carbocycles. The van der Waals surface area contributed by atoms with E-state index in [1.54, 1.807) is 0 Å². The molecule has 25 atom stereocenters. The molecule has 0 aliphatic carbocycles. The maximum Gasteiger partial charge on any atom is 0.217 e. The molecular weight excluding hydrogens is 798 g/mol. The average molecular weight is 854 g/mol. The van der Waals surface area contributed by atoms with Gasteiger partial charge in [-0.3, -0.25) is 4.79 Å². The molecule has 5 aliphatic rings. The molecule has 5 fully saturated rings. The molecule has 0 spiro atoms. The van der Waals surface area contributed by atoms with Crippen LogP contribution in [0.15, 0.2) is 0 Å². The Morgan fingerprint density at radius 3 is 1.48 bits per heavy atom. The summed E-state index contributed by atoms with van der Waals surface area (Å²) >= 11 is 0. The molecule has 338 valence electrons. The Hall–Kier alpha value is -1.49. The largest absolute Gasteiger partial charge is 0.394 e. The molecule has 5 aliphatic heterocycles. The number of aliphatic hydroxyl groups is 15. The van der Waals surface area contributed by atoms with Crippen LogP contribution in [0.25, 0.3) is 0 Å². The van der Waals surface area contributed by atoms with Gasteiger partial charge >= 0.3 is 0 Å². The fourth-order valence-electron chi connectivity index (χ4n) is 7.35. The number of carbonyl (C=O) groups is 1. The van der Waals surface area contributed by atoms with Crippen LogP contribution in [0.4, 0.5) is 0 Å². The molecule has 1 amide bonds. The quantitative estimate of drug-likeness (QED) is 0.0818. The van der Waals surface area contributed by atoms with Crippen molar-refractivity contribution in [2.45, 2.75) is 167 Å². The summed E-state index contributed by atoms with van der Waals surface area (Å²) < 4.78 is 50.2. The van der Waals surface area contributed by atoms with Crippen LogP contribution in [0.3, 0.4) is 0 Å². The van der Waals surface area contributed by atoms with Gasteiger partial charge < -0.3 is 125 Å². The van der Waals surface area contributed by atoms with Gasteiger partial charge in [-0.15, -0.1) is 0 Å². The third kappa shape index (κ3) is 9.75. The van der Waals surface area contributed by atoms with Gasteiger partial charge in [0, 0.05) is 6.92 Å². The zero-order valence-corrected chi connectivity index (χ0v) is 31.1. The van der Waals surface area contributed by atoms with E-state index in [1.807, 2.05) is 0 Å². The van der Waals surface area contributed by atoms with Crippen LogP contribution in [-0.4, -0.2) is 262 Å². The fourth-order valence-corrected chi connectivity index (χ4v) is 7.35. The lowest BCUT2D eigenvalue weighted by Crippen LogP contribution is -2.69. The Morgan fingerprint density at radius 1 is 0.448 bits per heavy atom. The minimum Gasteiger partial charge on any atom is -0.394 e. The van der Waals surface area contributed by atoms with Crippen molar-refractivity contribution < 1.29 is 124 Å². The number of hydrogen-bond acceptors (Lipinski definition) is 25. The predicted molar refractivity (Wildman–Crippen MR) is 177 cm³/mol. The van der Waals surface area contributed by atoms with Crippen molar-refractivity contribution in [3.05, 3.63) is 0 Å². The highest BCUT2D eigenvalue weighted by molar-refractivity contribution is 5.73. The number of hydrogen-bond donors (Lipinski definition) is 16. The number of ether oxygens (including phenoxy) is 9. The molecule has 26 heteroatoms. The summed E-state index contributed by atoms with van der Waals surface area (Å²) in [6.45, 7) is -1.25. The van der Waals surface area contributed by atoms with Crippen molar-refractivity contribution in [1.29, 1.82) is 0 Å². The Balaban J connectivity index is 1.34. The van der Waals surface area contributed by atoms with Crippen LogP contribution in [0.2, 0.25) is 0 Å². The molecule has 26 nitrogen and oxygen atoms in total. The molecule has 5 saturated heterocycles. The number of aliphatic hydroxyl groups excluding tert-OH is 15. The molecule has 58 heavy (non-hydrogen) atoms. The van der Waals surface area contributed by atoms with Crippen molar-refractivity contribution in [3.8, 4) is 0 Å². The summed E-state index contributed by atoms with van der Waals surface area (Å²) in [5, 5.41) is 161. The van der Waals surface area contributed by atoms with Crippen molar-refractivity contribution in [2.75, 3.05) is 26.4 Å². The van der Waals surface area contributed by atoms with E-state index in [0.717, 1.165) is 6.92 Å². The van der Waals surface area contributed by atoms with E-state index in [9.17, 15) is 81.4 Å². The highest BCUT2D eigenvalue weighted by Gasteiger charge is 2.56. The first-order valence-electron chi connectivity index (χ1n) is 18.5. The standard InChI is InChI=1S/C32H55NO25/c1-7-14(39)18(43)21(46)29(50-7)58-27-19(44)15(40)9(3-34)53-32(27)57-26-17(42)11(5-36)52-31(23(26)48)55-24-12(6-37)54-30(22(47)20(24)45)56-25-13(33-8(2)38)28(49)51-10(4-35)16(25)41/h7,9-32,34-37,39-49H,3-6H2,1-2H3,(H,33,38)/t7-,9+,10+,11+,12+,13+,14+,15-,16-,17-,18+,19-,20+,21-,22+,23+,24-,25+,26-,27+,28+,29-,30-,31+,32+/m0/s1. The Bertz CT molecular complexity index is 1310. The highest BCUT2D eigenvalue weighted by atomic mass is 16.8. The van der Waals surface area contributed by atoms with Gasteiger partial charge in [-0.2, -0.15) is 0 Å². The molecule has 5 heterocycles. The van der Waals surface area contributed by atoms with E-state index in [-0.39, 0.29) is 0 Å². The van der Waals surface area contributed by atoms with E-state index >= 15 is 0 Å². The molecule has 0 radical (unpaired) electrons. The highest BCUT2D eigenvalue weighted by Crippen LogP contribution is 2.36. The van der Waals surface area contributed by atoms with Crippen molar-refractivity contribution in [1.82, 2.24) is 5.32 Å². The van der Waals surface area contributed by atoms with Crippen LogP contribution >= 0.6 is 0 Å². The molecule has 16 N–H and O–H groups in total. The molecule has 0 saturated carbocycles. The molecule has 0 unspecified atom stereocenters. The van der Waals surface area contributed by atoms with Crippen LogP contribution in [0.5, 0.6) is 0 Å². The van der Waals surface area contributed by atoms with Gasteiger partial charge in [-0.05, 0) is 6.92 Å². The number of rotatable bonds is 13. The summed E-state index contributed by atoms with van der Waals surface area (Å²) in [6.07, 6.45) is -43.4. The Kier molecular flexibility index (Phi) is 16.5. The fraction of sp³-hybridized carbons (Fsp3) is 0.969. The first kappa shape index (κ1) is 47.6. The van der Waals surface area contributed by atoms with E-state index in [1.165, 1.54) is 6.92 Å². The summed E-state index contributed by atoms with van der Waals surface area (Å²) in [5.74, 6) is -0.699. The van der Waals surface area contributed by atoms with Crippen molar-refractivity contribution in [3.63, 3.8) is 0 Å². The maximum absolute atomic E-state index is 11.8. The van der Waals surface area contributed by atoms with Gasteiger partial charge in [0.25, 0.3) is 0 Å². The van der Waals surface area contributed by atoms with Crippen LogP contribution in [0, 0.1) is 0 Å². The number of amides is 1. The second kappa shape index (κ2) is 20.1. The Labute approximate surface area is 329 Å². The lowest BCUT2D eigenvalue weighted by molar-refractivity contribution is -0.397. The summed E-state index contributed by atoms with van der Waals surface area (Å²) in [7, 11) is 0. The minimum absolute atomic E-state index is 0.699. The normalized spacial score (nSPS) is 51.6. The minimum atomic E-state index is -2.14. The molecule has 5 rings (SSSR count). The molecule has 0 bridgehead atoms. The van der Waals surface area contributed by atoms with E-state index in [4.69, 9.17) is 42.6 Å². The third-order valence-electron chi connectivity index (χ3n) is 10.7. The third-order valence-corrected chi connectivity index (χ3v) is 10.7. The number of carbonyl (C=O) groups excluding carboxylic acids is 1. The SMILES string of the molecule is CC(=O)N[C@@H]1[C@@H](O[C@@H]2O[C@H](CO)[C@H](O[C@H]3O[C@H](CO)[C@H](O)[C@H](O[C@H]4O[C@H](CO)[C@H](O)[C@H](O)[C@H]4O[C@@H]4O[C@@H](C)[C@@H](O)[C@@H](O)[C@@H]4O)[C@H]3O)[C@H](O)[C@H]2O)[C@@H](O)[C@@H](CO)O[C@H]1O. The van der Waals surface area contributed by atoms with Gasteiger partial charge in [-0.25, -0.2) is 0 Å². The summed E-state index contributed by atoms with van der Waals surface area (Å²) in [5.41, 5.74) is 0. The van der Waals surface area contributed by atoms with Gasteiger partial charge in [0.2, 0.25) is 5.91 Å². The van der Waals surface area contributed by atoms with E-state index < -0.39 is 186 Å². The van der Waals surface area contributed by atoms with Crippen LogP contribution < -0.4 is 5.32 Å². The zero-order valence-electron chi connectivity index (χ0n) is 31.1. The predicted octanol–water partition coefficient (Wildman–Crippen LogP) is -10.8. The molecular formula is C32H55NO25. The topological polar surface area (TPSA) is 416 Å². The average Bonchev–Trinajstić information content (AvgIpc) is 3.19. The lowest BCUT2D eigenvalue weighted by Gasteiger charge is -2.50. The van der Waals surface area contributed by atoms with Crippen molar-refractivity contribution >= 4 is 5.91 Å². The monoisotopic (exact) mass is 853 g/mol. The Morgan fingerprint density at radius 2 is 0.879 bits per heavy atom.